The van der Waals surface area contributed by atoms with E-state index in [-0.39, 0.29) is 5.97 Å². The predicted molar refractivity (Wildman–Crippen MR) is 69.5 cm³/mol. The molecule has 2 aliphatic rings. The van der Waals surface area contributed by atoms with Crippen molar-refractivity contribution in [2.75, 3.05) is 6.54 Å². The Hall–Kier alpha value is -1.35. The fraction of sp³-hybridized carbons (Fsp3) is 0.533. The summed E-state index contributed by atoms with van der Waals surface area (Å²) in [4.78, 5) is 13.6. The molecule has 0 amide bonds. The van der Waals surface area contributed by atoms with E-state index in [2.05, 4.69) is 11.0 Å². The van der Waals surface area contributed by atoms with E-state index in [1.807, 2.05) is 12.1 Å². The lowest BCUT2D eigenvalue weighted by Gasteiger charge is -2.40. The molecule has 96 valence electrons. The molecule has 3 heteroatoms. The minimum Gasteiger partial charge on any atom is -0.427 e. The predicted octanol–water partition coefficient (Wildman–Crippen LogP) is 2.52. The maximum Gasteiger partial charge on any atom is 0.308 e. The highest BCUT2D eigenvalue weighted by Gasteiger charge is 2.28. The molecule has 0 bridgehead atoms. The van der Waals surface area contributed by atoms with Gasteiger partial charge in [0.2, 0.25) is 0 Å². The van der Waals surface area contributed by atoms with Crippen LogP contribution in [0, 0.1) is 0 Å². The molecule has 18 heavy (non-hydrogen) atoms. The summed E-state index contributed by atoms with van der Waals surface area (Å²) in [6.45, 7) is 3.73. The lowest BCUT2D eigenvalue weighted by Crippen LogP contribution is -2.43. The van der Waals surface area contributed by atoms with Gasteiger partial charge in [-0.25, -0.2) is 0 Å². The van der Waals surface area contributed by atoms with Gasteiger partial charge >= 0.3 is 5.97 Å². The average Bonchev–Trinajstić information content (AvgIpc) is 2.35. The van der Waals surface area contributed by atoms with Gasteiger partial charge in [0, 0.05) is 19.5 Å². The summed E-state index contributed by atoms with van der Waals surface area (Å²) >= 11 is 0. The number of carbonyl (C=O) groups is 1. The number of carbonyl (C=O) groups excluding carboxylic acids is 1. The molecule has 1 aromatic carbocycles. The van der Waals surface area contributed by atoms with Crippen molar-refractivity contribution in [1.29, 1.82) is 0 Å². The van der Waals surface area contributed by atoms with Gasteiger partial charge in [-0.15, -0.1) is 0 Å². The van der Waals surface area contributed by atoms with Crippen LogP contribution in [0.1, 0.15) is 37.3 Å². The fourth-order valence-electron chi connectivity index (χ4n) is 3.15. The van der Waals surface area contributed by atoms with E-state index in [9.17, 15) is 4.79 Å². The molecule has 0 unspecified atom stereocenters. The Kier molecular flexibility index (Phi) is 3.08. The number of nitrogens with zero attached hydrogens (tertiary/aromatic N) is 1. The van der Waals surface area contributed by atoms with E-state index in [4.69, 9.17) is 4.74 Å². The van der Waals surface area contributed by atoms with Crippen molar-refractivity contribution in [3.8, 4) is 5.75 Å². The molecule has 0 radical (unpaired) electrons. The lowest BCUT2D eigenvalue weighted by atomic mass is 9.88. The lowest BCUT2D eigenvalue weighted by molar-refractivity contribution is -0.131. The average molecular weight is 245 g/mol. The van der Waals surface area contributed by atoms with Crippen molar-refractivity contribution in [3.05, 3.63) is 29.3 Å². The van der Waals surface area contributed by atoms with E-state index < -0.39 is 0 Å². The van der Waals surface area contributed by atoms with Crippen LogP contribution in [0.4, 0.5) is 0 Å². The fourth-order valence-corrected chi connectivity index (χ4v) is 3.15. The Morgan fingerprint density at radius 1 is 1.33 bits per heavy atom. The van der Waals surface area contributed by atoms with Crippen LogP contribution in [0.15, 0.2) is 18.2 Å². The van der Waals surface area contributed by atoms with Gasteiger partial charge in [-0.05, 0) is 49.1 Å². The molecule has 2 aliphatic heterocycles. The van der Waals surface area contributed by atoms with Gasteiger partial charge in [0.1, 0.15) is 5.75 Å². The molecule has 0 aliphatic carbocycles. The van der Waals surface area contributed by atoms with Crippen LogP contribution in [0.25, 0.3) is 0 Å². The molecule has 1 atom stereocenters. The highest BCUT2D eigenvalue weighted by Crippen LogP contribution is 2.31. The van der Waals surface area contributed by atoms with Gasteiger partial charge in [0.05, 0.1) is 0 Å². The maximum atomic E-state index is 11.0. The van der Waals surface area contributed by atoms with E-state index >= 15 is 0 Å². The van der Waals surface area contributed by atoms with Crippen molar-refractivity contribution < 1.29 is 9.53 Å². The Bertz CT molecular complexity index is 470. The molecule has 1 fully saturated rings. The highest BCUT2D eigenvalue weighted by atomic mass is 16.5. The number of benzene rings is 1. The summed E-state index contributed by atoms with van der Waals surface area (Å²) in [6, 6.07) is 6.75. The van der Waals surface area contributed by atoms with Crippen LogP contribution in [0.5, 0.6) is 5.75 Å². The zero-order valence-corrected chi connectivity index (χ0v) is 10.8. The Morgan fingerprint density at radius 3 is 3.06 bits per heavy atom. The third-order valence-corrected chi connectivity index (χ3v) is 4.02. The minimum atomic E-state index is -0.245. The second kappa shape index (κ2) is 4.73. The quantitative estimate of drug-likeness (QED) is 0.562. The largest absolute Gasteiger partial charge is 0.427 e. The smallest absolute Gasteiger partial charge is 0.308 e. The summed E-state index contributed by atoms with van der Waals surface area (Å²) in [7, 11) is 0. The number of piperidine rings is 1. The number of esters is 1. The van der Waals surface area contributed by atoms with Crippen molar-refractivity contribution in [1.82, 2.24) is 4.90 Å². The first kappa shape index (κ1) is 11.7. The monoisotopic (exact) mass is 245 g/mol. The number of hydrogen-bond acceptors (Lipinski definition) is 3. The van der Waals surface area contributed by atoms with Crippen molar-refractivity contribution in [2.24, 2.45) is 0 Å². The molecule has 3 nitrogen and oxygen atoms in total. The first-order valence-electron chi connectivity index (χ1n) is 6.76. The molecule has 0 aromatic heterocycles. The molecular formula is C15H19NO2. The summed E-state index contributed by atoms with van der Waals surface area (Å²) < 4.78 is 5.16. The van der Waals surface area contributed by atoms with Crippen LogP contribution < -0.4 is 4.74 Å². The standard InChI is InChI=1S/C15H19NO2/c1-11(17)18-15-6-5-12-10-16-7-3-2-4-14(16)8-13(12)9-15/h5-6,9,14H,2-4,7-8,10H2,1H3/t14-/m1/s1. The topological polar surface area (TPSA) is 29.5 Å². The summed E-state index contributed by atoms with van der Waals surface area (Å²) in [6.07, 6.45) is 5.08. The summed E-state index contributed by atoms with van der Waals surface area (Å²) in [5, 5.41) is 0. The third kappa shape index (κ3) is 2.27. The Morgan fingerprint density at radius 2 is 2.22 bits per heavy atom. The number of ether oxygens (including phenoxy) is 1. The highest BCUT2D eigenvalue weighted by molar-refractivity contribution is 5.69. The normalized spacial score (nSPS) is 23.1. The van der Waals surface area contributed by atoms with Gasteiger partial charge in [-0.2, -0.15) is 0 Å². The number of hydrogen-bond donors (Lipinski definition) is 0. The zero-order valence-electron chi connectivity index (χ0n) is 10.8. The maximum absolute atomic E-state index is 11.0. The summed E-state index contributed by atoms with van der Waals surface area (Å²) in [5.74, 6) is 0.440. The van der Waals surface area contributed by atoms with Crippen LogP contribution in [-0.2, 0) is 17.8 Å². The van der Waals surface area contributed by atoms with Gasteiger partial charge in [0.25, 0.3) is 0 Å². The second-order valence-electron chi connectivity index (χ2n) is 5.35. The van der Waals surface area contributed by atoms with Gasteiger partial charge in [-0.3, -0.25) is 9.69 Å². The molecule has 0 N–H and O–H groups in total. The van der Waals surface area contributed by atoms with Crippen molar-refractivity contribution in [2.45, 2.75) is 45.2 Å². The molecule has 1 aromatic rings. The first-order chi connectivity index (χ1) is 8.72. The van der Waals surface area contributed by atoms with Crippen molar-refractivity contribution >= 4 is 5.97 Å². The van der Waals surface area contributed by atoms with Gasteiger partial charge < -0.3 is 4.74 Å². The van der Waals surface area contributed by atoms with E-state index in [0.29, 0.717) is 11.8 Å². The molecule has 0 saturated carbocycles. The first-order valence-corrected chi connectivity index (χ1v) is 6.76. The van der Waals surface area contributed by atoms with E-state index in [1.54, 1.807) is 0 Å². The Labute approximate surface area is 108 Å². The molecule has 2 heterocycles. The third-order valence-electron chi connectivity index (χ3n) is 4.02. The summed E-state index contributed by atoms with van der Waals surface area (Å²) in [5.41, 5.74) is 2.75. The molecule has 1 saturated heterocycles. The van der Waals surface area contributed by atoms with Gasteiger partial charge in [-0.1, -0.05) is 12.5 Å². The van der Waals surface area contributed by atoms with Crippen LogP contribution in [0.2, 0.25) is 0 Å². The van der Waals surface area contributed by atoms with Crippen LogP contribution in [-0.4, -0.2) is 23.5 Å². The number of fused-ring (bicyclic) bond motifs is 2. The zero-order chi connectivity index (χ0) is 12.5. The molecule has 3 rings (SSSR count). The van der Waals surface area contributed by atoms with Crippen LogP contribution in [0.3, 0.4) is 0 Å². The van der Waals surface area contributed by atoms with Crippen molar-refractivity contribution in [3.63, 3.8) is 0 Å². The minimum absolute atomic E-state index is 0.245. The van der Waals surface area contributed by atoms with Crippen LogP contribution >= 0.6 is 0 Å². The Balaban J connectivity index is 1.84. The second-order valence-corrected chi connectivity index (χ2v) is 5.35. The molecule has 0 spiro atoms. The van der Waals surface area contributed by atoms with Gasteiger partial charge in [0.15, 0.2) is 0 Å². The van der Waals surface area contributed by atoms with E-state index in [1.165, 1.54) is 43.9 Å². The number of rotatable bonds is 1. The van der Waals surface area contributed by atoms with E-state index in [0.717, 1.165) is 13.0 Å². The SMILES string of the molecule is CC(=O)Oc1ccc2c(c1)C[C@H]1CCCCN1C2. The molecular weight excluding hydrogens is 226 g/mol.